The summed E-state index contributed by atoms with van der Waals surface area (Å²) in [5, 5.41) is 0. The molecule has 0 N–H and O–H groups in total. The second-order valence-electron chi connectivity index (χ2n) is 7.27. The Bertz CT molecular complexity index is 186. The summed E-state index contributed by atoms with van der Waals surface area (Å²) in [6, 6.07) is 0. The van der Waals surface area contributed by atoms with E-state index in [0.717, 1.165) is 0 Å². The van der Waals surface area contributed by atoms with Gasteiger partial charge in [-0.15, -0.1) is 0 Å². The molecular formula is C19H42N+. The van der Waals surface area contributed by atoms with E-state index < -0.39 is 0 Å². The molecule has 0 unspecified atom stereocenters. The highest BCUT2D eigenvalue weighted by Gasteiger charge is 2.13. The predicted octanol–water partition coefficient (Wildman–Crippen LogP) is 6.17. The first-order valence-electron chi connectivity index (χ1n) is 9.44. The largest absolute Gasteiger partial charge is 0.328 e. The van der Waals surface area contributed by atoms with Crippen LogP contribution in [0.25, 0.3) is 0 Å². The molecular weight excluding hydrogens is 242 g/mol. The minimum absolute atomic E-state index is 1.23. The molecule has 0 aliphatic rings. The van der Waals surface area contributed by atoms with E-state index in [1.807, 2.05) is 0 Å². The van der Waals surface area contributed by atoms with E-state index in [9.17, 15) is 0 Å². The highest BCUT2D eigenvalue weighted by molar-refractivity contribution is 4.48. The van der Waals surface area contributed by atoms with Crippen LogP contribution in [0.2, 0.25) is 0 Å². The average molecular weight is 285 g/mol. The first kappa shape index (κ1) is 20.0. The maximum atomic E-state index is 2.41. The summed E-state index contributed by atoms with van der Waals surface area (Å²) in [6.07, 6.45) is 18.6. The molecule has 0 aliphatic carbocycles. The molecule has 0 aliphatic heterocycles. The highest BCUT2D eigenvalue weighted by atomic mass is 15.3. The molecule has 0 bridgehead atoms. The molecule has 0 amide bonds. The van der Waals surface area contributed by atoms with Crippen LogP contribution in [-0.4, -0.2) is 31.7 Å². The normalized spacial score (nSPS) is 12.0. The fraction of sp³-hybridized carbons (Fsp3) is 1.00. The minimum atomic E-state index is 1.23. The van der Waals surface area contributed by atoms with Crippen LogP contribution < -0.4 is 0 Å². The molecule has 0 radical (unpaired) electrons. The fourth-order valence-electron chi connectivity index (χ4n) is 2.93. The van der Waals surface area contributed by atoms with E-state index >= 15 is 0 Å². The van der Waals surface area contributed by atoms with Gasteiger partial charge in [0.05, 0.1) is 27.2 Å². The molecule has 0 heterocycles. The number of rotatable bonds is 15. The Morgan fingerprint density at radius 1 is 0.450 bits per heavy atom. The number of quaternary nitrogens is 1. The molecule has 0 spiro atoms. The van der Waals surface area contributed by atoms with Crippen molar-refractivity contribution in [3.05, 3.63) is 0 Å². The van der Waals surface area contributed by atoms with E-state index in [1.54, 1.807) is 0 Å². The van der Waals surface area contributed by atoms with Crippen molar-refractivity contribution in [2.24, 2.45) is 0 Å². The van der Waals surface area contributed by atoms with Gasteiger partial charge < -0.3 is 4.48 Å². The third-order valence-corrected chi connectivity index (χ3v) is 4.48. The molecule has 1 nitrogen and oxygen atoms in total. The first-order chi connectivity index (χ1) is 9.62. The van der Waals surface area contributed by atoms with E-state index in [-0.39, 0.29) is 0 Å². The Morgan fingerprint density at radius 3 is 1.20 bits per heavy atom. The molecule has 0 fully saturated rings. The minimum Gasteiger partial charge on any atom is -0.328 e. The van der Waals surface area contributed by atoms with Crippen molar-refractivity contribution < 1.29 is 4.48 Å². The number of hydrogen-bond donors (Lipinski definition) is 0. The van der Waals surface area contributed by atoms with E-state index in [2.05, 4.69) is 27.9 Å². The van der Waals surface area contributed by atoms with Crippen molar-refractivity contribution in [1.29, 1.82) is 0 Å². The predicted molar refractivity (Wildman–Crippen MR) is 93.2 cm³/mol. The smallest absolute Gasteiger partial charge is 0.0782 e. The summed E-state index contributed by atoms with van der Waals surface area (Å²) in [6.45, 7) is 7.33. The molecule has 0 aromatic rings. The Kier molecular flexibility index (Phi) is 13.9. The fourth-order valence-corrected chi connectivity index (χ4v) is 2.93. The lowest BCUT2D eigenvalue weighted by Gasteiger charge is -2.29. The standard InChI is InChI=1S/C19H42N/c1-5-7-9-10-11-12-13-14-15-17-19-20(3,4)18-16-8-6-2/h5-19H2,1-4H3/q+1. The SMILES string of the molecule is CCCCCCCCCCCC[N+](C)(C)CCCCC. The molecule has 0 rings (SSSR count). The van der Waals surface area contributed by atoms with Gasteiger partial charge in [0.25, 0.3) is 0 Å². The maximum absolute atomic E-state index is 2.41. The van der Waals surface area contributed by atoms with Crippen LogP contribution in [0.1, 0.15) is 97.3 Å². The molecule has 0 aromatic heterocycles. The summed E-state index contributed by atoms with van der Waals surface area (Å²) < 4.78 is 1.23. The van der Waals surface area contributed by atoms with Crippen LogP contribution in [0.4, 0.5) is 0 Å². The summed E-state index contributed by atoms with van der Waals surface area (Å²) in [5.41, 5.74) is 0. The third-order valence-electron chi connectivity index (χ3n) is 4.48. The van der Waals surface area contributed by atoms with Crippen molar-refractivity contribution in [3.8, 4) is 0 Å². The second-order valence-corrected chi connectivity index (χ2v) is 7.27. The topological polar surface area (TPSA) is 0 Å². The van der Waals surface area contributed by atoms with Gasteiger partial charge in [-0.05, 0) is 25.7 Å². The first-order valence-corrected chi connectivity index (χ1v) is 9.44. The van der Waals surface area contributed by atoms with Crippen LogP contribution >= 0.6 is 0 Å². The quantitative estimate of drug-likeness (QED) is 0.249. The Morgan fingerprint density at radius 2 is 0.750 bits per heavy atom. The lowest BCUT2D eigenvalue weighted by atomic mass is 10.1. The van der Waals surface area contributed by atoms with E-state index in [4.69, 9.17) is 0 Å². The van der Waals surface area contributed by atoms with E-state index in [0.29, 0.717) is 0 Å². The summed E-state index contributed by atoms with van der Waals surface area (Å²) >= 11 is 0. The zero-order valence-electron chi connectivity index (χ0n) is 15.1. The Labute approximate surface area is 129 Å². The lowest BCUT2D eigenvalue weighted by Crippen LogP contribution is -2.41. The van der Waals surface area contributed by atoms with Crippen molar-refractivity contribution in [2.75, 3.05) is 27.2 Å². The summed E-state index contributed by atoms with van der Waals surface area (Å²) in [4.78, 5) is 0. The van der Waals surface area contributed by atoms with Gasteiger partial charge in [0.1, 0.15) is 0 Å². The summed E-state index contributed by atoms with van der Waals surface area (Å²) in [7, 11) is 4.81. The van der Waals surface area contributed by atoms with Gasteiger partial charge in [-0.3, -0.25) is 0 Å². The van der Waals surface area contributed by atoms with E-state index in [1.165, 1.54) is 101 Å². The number of nitrogens with zero attached hydrogens (tertiary/aromatic N) is 1. The molecule has 122 valence electrons. The van der Waals surface area contributed by atoms with Gasteiger partial charge in [0.15, 0.2) is 0 Å². The van der Waals surface area contributed by atoms with Crippen LogP contribution in [-0.2, 0) is 0 Å². The number of hydrogen-bond acceptors (Lipinski definition) is 0. The van der Waals surface area contributed by atoms with Gasteiger partial charge >= 0.3 is 0 Å². The van der Waals surface area contributed by atoms with Gasteiger partial charge in [-0.1, -0.05) is 71.6 Å². The van der Waals surface area contributed by atoms with Crippen LogP contribution in [0.5, 0.6) is 0 Å². The maximum Gasteiger partial charge on any atom is 0.0782 e. The highest BCUT2D eigenvalue weighted by Crippen LogP contribution is 2.12. The van der Waals surface area contributed by atoms with Gasteiger partial charge in [-0.2, -0.15) is 0 Å². The Balaban J connectivity index is 3.25. The van der Waals surface area contributed by atoms with Gasteiger partial charge in [-0.25, -0.2) is 0 Å². The molecule has 1 heteroatoms. The van der Waals surface area contributed by atoms with Gasteiger partial charge in [0, 0.05) is 0 Å². The van der Waals surface area contributed by atoms with Crippen LogP contribution in [0.15, 0.2) is 0 Å². The average Bonchev–Trinajstić information content (AvgIpc) is 2.41. The Hall–Kier alpha value is -0.0400. The molecule has 0 saturated carbocycles. The second kappa shape index (κ2) is 13.9. The molecule has 0 aromatic carbocycles. The zero-order chi connectivity index (χ0) is 15.1. The van der Waals surface area contributed by atoms with Crippen molar-refractivity contribution >= 4 is 0 Å². The zero-order valence-corrected chi connectivity index (χ0v) is 15.1. The van der Waals surface area contributed by atoms with Crippen LogP contribution in [0.3, 0.4) is 0 Å². The molecule has 0 saturated heterocycles. The lowest BCUT2D eigenvalue weighted by molar-refractivity contribution is -0.890. The number of unbranched alkanes of at least 4 members (excludes halogenated alkanes) is 11. The summed E-state index contributed by atoms with van der Waals surface area (Å²) in [5.74, 6) is 0. The van der Waals surface area contributed by atoms with Crippen LogP contribution in [0, 0.1) is 0 Å². The van der Waals surface area contributed by atoms with Crippen molar-refractivity contribution in [3.63, 3.8) is 0 Å². The third kappa shape index (κ3) is 14.4. The van der Waals surface area contributed by atoms with Gasteiger partial charge in [0.2, 0.25) is 0 Å². The van der Waals surface area contributed by atoms with Crippen molar-refractivity contribution in [2.45, 2.75) is 97.3 Å². The molecule has 20 heavy (non-hydrogen) atoms. The van der Waals surface area contributed by atoms with Crippen molar-refractivity contribution in [1.82, 2.24) is 0 Å². The molecule has 0 atom stereocenters. The monoisotopic (exact) mass is 284 g/mol.